The molecular formula is C14H22FN. The lowest BCUT2D eigenvalue weighted by molar-refractivity contribution is 0.559. The first-order valence-corrected chi connectivity index (χ1v) is 6.04. The van der Waals surface area contributed by atoms with Crippen molar-refractivity contribution in [2.24, 2.45) is 0 Å². The lowest BCUT2D eigenvalue weighted by atomic mass is 9.87. The van der Waals surface area contributed by atoms with E-state index < -0.39 is 0 Å². The fourth-order valence-corrected chi connectivity index (χ4v) is 2.11. The van der Waals surface area contributed by atoms with Crippen LogP contribution in [0.2, 0.25) is 0 Å². The van der Waals surface area contributed by atoms with Gasteiger partial charge in [-0.05, 0) is 34.9 Å². The van der Waals surface area contributed by atoms with E-state index >= 15 is 0 Å². The summed E-state index contributed by atoms with van der Waals surface area (Å²) < 4.78 is 13.5. The fourth-order valence-electron chi connectivity index (χ4n) is 2.11. The molecule has 0 aliphatic carbocycles. The minimum absolute atomic E-state index is 0.269. The molecule has 1 nitrogen and oxygen atoms in total. The van der Waals surface area contributed by atoms with E-state index in [1.807, 2.05) is 0 Å². The second kappa shape index (κ2) is 4.94. The lowest BCUT2D eigenvalue weighted by Gasteiger charge is -2.21. The topological polar surface area (TPSA) is 12.9 Å². The lowest BCUT2D eigenvalue weighted by Crippen LogP contribution is -2.09. The van der Waals surface area contributed by atoms with Crippen LogP contribution in [0, 0.1) is 5.95 Å². The quantitative estimate of drug-likeness (QED) is 0.683. The highest BCUT2D eigenvalue weighted by molar-refractivity contribution is 5.36. The van der Waals surface area contributed by atoms with E-state index in [1.54, 1.807) is 6.07 Å². The molecule has 0 saturated carbocycles. The monoisotopic (exact) mass is 223 g/mol. The Kier molecular flexibility index (Phi) is 4.06. The molecule has 0 N–H and O–H groups in total. The van der Waals surface area contributed by atoms with E-state index in [0.717, 1.165) is 11.3 Å². The van der Waals surface area contributed by atoms with E-state index in [0.29, 0.717) is 11.8 Å². The molecule has 0 spiro atoms. The summed E-state index contributed by atoms with van der Waals surface area (Å²) >= 11 is 0. The SMILES string of the molecule is CC(C)c1cc(F)nc(C(C)C)c1C(C)C. The first-order valence-electron chi connectivity index (χ1n) is 6.04. The zero-order valence-corrected chi connectivity index (χ0v) is 11.1. The van der Waals surface area contributed by atoms with Gasteiger partial charge in [-0.3, -0.25) is 0 Å². The molecule has 1 heterocycles. The molecule has 0 atom stereocenters. The third-order valence-electron chi connectivity index (χ3n) is 2.84. The van der Waals surface area contributed by atoms with Crippen molar-refractivity contribution in [3.8, 4) is 0 Å². The molecule has 0 aromatic carbocycles. The number of aromatic nitrogens is 1. The van der Waals surface area contributed by atoms with Crippen LogP contribution in [0.5, 0.6) is 0 Å². The average molecular weight is 223 g/mol. The highest BCUT2D eigenvalue weighted by Gasteiger charge is 2.19. The van der Waals surface area contributed by atoms with Crippen molar-refractivity contribution in [2.45, 2.75) is 59.3 Å². The van der Waals surface area contributed by atoms with Gasteiger partial charge in [0.1, 0.15) is 0 Å². The zero-order chi connectivity index (χ0) is 12.5. The first-order chi connectivity index (χ1) is 7.34. The molecule has 0 saturated heterocycles. The number of hydrogen-bond acceptors (Lipinski definition) is 1. The van der Waals surface area contributed by atoms with Crippen molar-refractivity contribution in [3.05, 3.63) is 28.8 Å². The molecule has 1 rings (SSSR count). The van der Waals surface area contributed by atoms with Gasteiger partial charge in [-0.25, -0.2) is 4.98 Å². The molecule has 0 fully saturated rings. The zero-order valence-electron chi connectivity index (χ0n) is 11.1. The van der Waals surface area contributed by atoms with Gasteiger partial charge in [0, 0.05) is 5.69 Å². The number of pyridine rings is 1. The van der Waals surface area contributed by atoms with Crippen LogP contribution >= 0.6 is 0 Å². The van der Waals surface area contributed by atoms with Gasteiger partial charge >= 0.3 is 0 Å². The molecule has 0 aliphatic heterocycles. The highest BCUT2D eigenvalue weighted by atomic mass is 19.1. The molecule has 0 amide bonds. The van der Waals surface area contributed by atoms with E-state index in [9.17, 15) is 4.39 Å². The van der Waals surface area contributed by atoms with Crippen LogP contribution < -0.4 is 0 Å². The van der Waals surface area contributed by atoms with Gasteiger partial charge in [0.15, 0.2) is 0 Å². The molecule has 0 aliphatic rings. The van der Waals surface area contributed by atoms with Gasteiger partial charge in [-0.15, -0.1) is 0 Å². The van der Waals surface area contributed by atoms with Crippen molar-refractivity contribution in [3.63, 3.8) is 0 Å². The number of hydrogen-bond donors (Lipinski definition) is 0. The predicted molar refractivity (Wildman–Crippen MR) is 66.5 cm³/mol. The van der Waals surface area contributed by atoms with Gasteiger partial charge in [-0.2, -0.15) is 4.39 Å². The molecule has 2 heteroatoms. The summed E-state index contributed by atoms with van der Waals surface area (Å²) in [5.41, 5.74) is 3.25. The maximum absolute atomic E-state index is 13.5. The maximum atomic E-state index is 13.5. The van der Waals surface area contributed by atoms with E-state index in [-0.39, 0.29) is 11.9 Å². The maximum Gasteiger partial charge on any atom is 0.213 e. The number of rotatable bonds is 3. The molecule has 1 aromatic rings. The summed E-state index contributed by atoms with van der Waals surface area (Å²) in [6.45, 7) is 12.6. The largest absolute Gasteiger partial charge is 0.224 e. The van der Waals surface area contributed by atoms with Gasteiger partial charge in [0.2, 0.25) is 5.95 Å². The predicted octanol–water partition coefficient (Wildman–Crippen LogP) is 4.59. The Bertz CT molecular complexity index is 338. The van der Waals surface area contributed by atoms with Crippen molar-refractivity contribution in [1.82, 2.24) is 4.98 Å². The van der Waals surface area contributed by atoms with Gasteiger partial charge in [0.05, 0.1) is 0 Å². The Balaban J connectivity index is 3.48. The van der Waals surface area contributed by atoms with Crippen molar-refractivity contribution >= 4 is 0 Å². The van der Waals surface area contributed by atoms with Crippen molar-refractivity contribution < 1.29 is 4.39 Å². The average Bonchev–Trinajstić information content (AvgIpc) is 2.15. The number of halogens is 1. The summed E-state index contributed by atoms with van der Waals surface area (Å²) in [6, 6.07) is 1.59. The van der Waals surface area contributed by atoms with Crippen LogP contribution in [0.3, 0.4) is 0 Å². The van der Waals surface area contributed by atoms with Gasteiger partial charge in [0.25, 0.3) is 0 Å². The summed E-state index contributed by atoms with van der Waals surface area (Å²) in [7, 11) is 0. The van der Waals surface area contributed by atoms with Gasteiger partial charge in [-0.1, -0.05) is 41.5 Å². The highest BCUT2D eigenvalue weighted by Crippen LogP contribution is 2.32. The summed E-state index contributed by atoms with van der Waals surface area (Å²) in [4.78, 5) is 4.07. The van der Waals surface area contributed by atoms with Crippen molar-refractivity contribution in [1.29, 1.82) is 0 Å². The minimum Gasteiger partial charge on any atom is -0.224 e. The van der Waals surface area contributed by atoms with Crippen LogP contribution in [0.25, 0.3) is 0 Å². The van der Waals surface area contributed by atoms with Gasteiger partial charge < -0.3 is 0 Å². The Labute approximate surface area is 98.1 Å². The Morgan fingerprint density at radius 1 is 0.938 bits per heavy atom. The number of nitrogens with zero attached hydrogens (tertiary/aromatic N) is 1. The van der Waals surface area contributed by atoms with E-state index in [4.69, 9.17) is 0 Å². The van der Waals surface area contributed by atoms with Crippen LogP contribution in [0.15, 0.2) is 6.07 Å². The first kappa shape index (κ1) is 13.1. The Hall–Kier alpha value is -0.920. The smallest absolute Gasteiger partial charge is 0.213 e. The normalized spacial score (nSPS) is 11.9. The van der Waals surface area contributed by atoms with Crippen molar-refractivity contribution in [2.75, 3.05) is 0 Å². The fraction of sp³-hybridized carbons (Fsp3) is 0.643. The molecular weight excluding hydrogens is 201 g/mol. The third kappa shape index (κ3) is 2.60. The third-order valence-corrected chi connectivity index (χ3v) is 2.84. The molecule has 0 bridgehead atoms. The molecule has 0 unspecified atom stereocenters. The summed E-state index contributed by atoms with van der Waals surface area (Å²) in [5.74, 6) is 0.651. The Morgan fingerprint density at radius 2 is 1.50 bits per heavy atom. The molecule has 90 valence electrons. The second-order valence-electron chi connectivity index (χ2n) is 5.30. The molecule has 0 radical (unpaired) electrons. The Morgan fingerprint density at radius 3 is 1.88 bits per heavy atom. The molecule has 1 aromatic heterocycles. The van der Waals surface area contributed by atoms with Crippen LogP contribution in [-0.2, 0) is 0 Å². The van der Waals surface area contributed by atoms with Crippen LogP contribution in [0.1, 0.15) is 76.1 Å². The molecule has 16 heavy (non-hydrogen) atoms. The van der Waals surface area contributed by atoms with E-state index in [1.165, 1.54) is 5.56 Å². The summed E-state index contributed by atoms with van der Waals surface area (Å²) in [6.07, 6.45) is 0. The standard InChI is InChI=1S/C14H22FN/c1-8(2)11-7-12(15)16-14(10(5)6)13(11)9(3)4/h7-10H,1-6H3. The van der Waals surface area contributed by atoms with Crippen LogP contribution in [0.4, 0.5) is 4.39 Å². The van der Waals surface area contributed by atoms with Crippen LogP contribution in [-0.4, -0.2) is 4.98 Å². The van der Waals surface area contributed by atoms with E-state index in [2.05, 4.69) is 46.5 Å². The summed E-state index contributed by atoms with van der Waals surface area (Å²) in [5, 5.41) is 0. The minimum atomic E-state index is -0.350. The second-order valence-corrected chi connectivity index (χ2v) is 5.30.